The number of piperazine rings is 1. The summed E-state index contributed by atoms with van der Waals surface area (Å²) in [5.74, 6) is 1.66. The lowest BCUT2D eigenvalue weighted by atomic mass is 9.93. The summed E-state index contributed by atoms with van der Waals surface area (Å²) >= 11 is 0. The zero-order valence-electron chi connectivity index (χ0n) is 21.2. The molecule has 0 aliphatic carbocycles. The molecule has 6 rings (SSSR count). The van der Waals surface area contributed by atoms with E-state index in [0.717, 1.165) is 24.8 Å². The van der Waals surface area contributed by atoms with Crippen LogP contribution in [0.5, 0.6) is 5.75 Å². The topological polar surface area (TPSA) is 115 Å². The summed E-state index contributed by atoms with van der Waals surface area (Å²) in [4.78, 5) is 33.3. The molecule has 4 heterocycles. The van der Waals surface area contributed by atoms with Crippen LogP contribution in [-0.4, -0.2) is 88.0 Å². The van der Waals surface area contributed by atoms with Gasteiger partial charge in [-0.2, -0.15) is 15.0 Å². The van der Waals surface area contributed by atoms with Crippen molar-refractivity contribution in [2.45, 2.75) is 31.4 Å². The molecule has 1 amide bonds. The summed E-state index contributed by atoms with van der Waals surface area (Å²) in [7, 11) is 0. The summed E-state index contributed by atoms with van der Waals surface area (Å²) in [5.41, 5.74) is 2.97. The molecular weight excluding hydrogens is 484 g/mol. The Balaban J connectivity index is 1.31. The van der Waals surface area contributed by atoms with Gasteiger partial charge < -0.3 is 29.6 Å². The number of nitrogens with zero attached hydrogens (tertiary/aromatic N) is 6. The molecule has 1 aromatic heterocycles. The number of ether oxygens (including phenoxy) is 1. The van der Waals surface area contributed by atoms with Crippen LogP contribution in [0, 0.1) is 0 Å². The SMILES string of the molecule is O=C(C1CCCO1)N1CCN(c2nc(-c3cccc(O)c3)nc(N3CCc4ccccc4[C@@H]3CO)n2)CC1. The van der Waals surface area contributed by atoms with Gasteiger partial charge in [-0.25, -0.2) is 0 Å². The Morgan fingerprint density at radius 3 is 2.55 bits per heavy atom. The second-order valence-corrected chi connectivity index (χ2v) is 9.96. The number of aromatic nitrogens is 3. The predicted molar refractivity (Wildman–Crippen MR) is 142 cm³/mol. The minimum absolute atomic E-state index is 0.0660. The van der Waals surface area contributed by atoms with Crippen molar-refractivity contribution in [2.24, 2.45) is 0 Å². The Kier molecular flexibility index (Phi) is 6.82. The smallest absolute Gasteiger partial charge is 0.251 e. The molecule has 0 saturated carbocycles. The van der Waals surface area contributed by atoms with Crippen molar-refractivity contribution < 1.29 is 19.7 Å². The number of hydrogen-bond acceptors (Lipinski definition) is 9. The van der Waals surface area contributed by atoms with Gasteiger partial charge in [0.2, 0.25) is 11.9 Å². The van der Waals surface area contributed by atoms with Gasteiger partial charge in [-0.3, -0.25) is 4.79 Å². The average Bonchev–Trinajstić information content (AvgIpc) is 3.51. The number of aromatic hydroxyl groups is 1. The van der Waals surface area contributed by atoms with E-state index in [1.165, 1.54) is 5.56 Å². The molecule has 3 aliphatic heterocycles. The fourth-order valence-electron chi connectivity index (χ4n) is 5.59. The third-order valence-corrected chi connectivity index (χ3v) is 7.64. The van der Waals surface area contributed by atoms with Gasteiger partial charge in [-0.15, -0.1) is 0 Å². The number of anilines is 2. The fourth-order valence-corrected chi connectivity index (χ4v) is 5.59. The summed E-state index contributed by atoms with van der Waals surface area (Å²) in [6.45, 7) is 3.56. The van der Waals surface area contributed by atoms with Crippen LogP contribution in [0.15, 0.2) is 48.5 Å². The maximum absolute atomic E-state index is 12.8. The average molecular weight is 517 g/mol. The zero-order chi connectivity index (χ0) is 26.1. The van der Waals surface area contributed by atoms with E-state index in [9.17, 15) is 15.0 Å². The molecule has 2 N–H and O–H groups in total. The highest BCUT2D eigenvalue weighted by Crippen LogP contribution is 2.34. The van der Waals surface area contributed by atoms with Crippen LogP contribution in [0.2, 0.25) is 0 Å². The number of hydrogen-bond donors (Lipinski definition) is 2. The van der Waals surface area contributed by atoms with E-state index in [2.05, 4.69) is 11.0 Å². The van der Waals surface area contributed by atoms with E-state index in [4.69, 9.17) is 19.7 Å². The van der Waals surface area contributed by atoms with Crippen LogP contribution in [-0.2, 0) is 16.0 Å². The number of amides is 1. The van der Waals surface area contributed by atoms with Gasteiger partial charge in [0.05, 0.1) is 12.6 Å². The summed E-state index contributed by atoms with van der Waals surface area (Å²) in [6.07, 6.45) is 2.21. The maximum atomic E-state index is 12.8. The second-order valence-electron chi connectivity index (χ2n) is 9.96. The van der Waals surface area contributed by atoms with Gasteiger partial charge in [-0.1, -0.05) is 36.4 Å². The molecule has 3 aliphatic rings. The van der Waals surface area contributed by atoms with E-state index in [0.29, 0.717) is 62.6 Å². The molecule has 0 radical (unpaired) electrons. The van der Waals surface area contributed by atoms with Crippen molar-refractivity contribution in [1.82, 2.24) is 19.9 Å². The predicted octanol–water partition coefficient (Wildman–Crippen LogP) is 2.17. The summed E-state index contributed by atoms with van der Waals surface area (Å²) < 4.78 is 5.60. The zero-order valence-corrected chi connectivity index (χ0v) is 21.2. The molecule has 10 nitrogen and oxygen atoms in total. The highest BCUT2D eigenvalue weighted by atomic mass is 16.5. The normalized spacial score (nSPS) is 21.4. The number of aliphatic hydroxyl groups is 1. The van der Waals surface area contributed by atoms with Crippen LogP contribution in [0.25, 0.3) is 11.4 Å². The first kappa shape index (κ1) is 24.6. The monoisotopic (exact) mass is 516 g/mol. The second kappa shape index (κ2) is 10.5. The largest absolute Gasteiger partial charge is 0.508 e. The molecule has 3 aromatic rings. The molecule has 1 unspecified atom stereocenters. The van der Waals surface area contributed by atoms with E-state index in [1.54, 1.807) is 18.2 Å². The third kappa shape index (κ3) is 4.77. The Hall–Kier alpha value is -3.76. The summed E-state index contributed by atoms with van der Waals surface area (Å²) in [6, 6.07) is 14.7. The van der Waals surface area contributed by atoms with Crippen molar-refractivity contribution in [2.75, 3.05) is 55.7 Å². The van der Waals surface area contributed by atoms with Gasteiger partial charge in [-0.05, 0) is 42.5 Å². The van der Waals surface area contributed by atoms with Crippen molar-refractivity contribution >= 4 is 17.8 Å². The molecular formula is C28H32N6O4. The Morgan fingerprint density at radius 1 is 0.974 bits per heavy atom. The van der Waals surface area contributed by atoms with Crippen molar-refractivity contribution in [3.8, 4) is 17.1 Å². The number of carbonyl (C=O) groups excluding carboxylic acids is 1. The van der Waals surface area contributed by atoms with E-state index >= 15 is 0 Å². The third-order valence-electron chi connectivity index (χ3n) is 7.64. The molecule has 198 valence electrons. The number of carbonyl (C=O) groups is 1. The Labute approximate surface area is 221 Å². The highest BCUT2D eigenvalue weighted by molar-refractivity contribution is 5.81. The van der Waals surface area contributed by atoms with Gasteiger partial charge in [0.1, 0.15) is 11.9 Å². The minimum atomic E-state index is -0.319. The number of phenols is 1. The van der Waals surface area contributed by atoms with Crippen LogP contribution >= 0.6 is 0 Å². The van der Waals surface area contributed by atoms with Crippen molar-refractivity contribution in [3.63, 3.8) is 0 Å². The van der Waals surface area contributed by atoms with Crippen LogP contribution in [0.4, 0.5) is 11.9 Å². The quantitative estimate of drug-likeness (QED) is 0.526. The lowest BCUT2D eigenvalue weighted by Crippen LogP contribution is -2.52. The van der Waals surface area contributed by atoms with Crippen LogP contribution in [0.1, 0.15) is 30.0 Å². The first-order chi connectivity index (χ1) is 18.6. The summed E-state index contributed by atoms with van der Waals surface area (Å²) in [5, 5.41) is 20.5. The highest BCUT2D eigenvalue weighted by Gasteiger charge is 2.33. The molecule has 2 aromatic carbocycles. The number of benzene rings is 2. The number of rotatable bonds is 5. The van der Waals surface area contributed by atoms with Gasteiger partial charge >= 0.3 is 0 Å². The van der Waals surface area contributed by atoms with E-state index < -0.39 is 0 Å². The van der Waals surface area contributed by atoms with Crippen molar-refractivity contribution in [1.29, 1.82) is 0 Å². The fraction of sp³-hybridized carbons (Fsp3) is 0.429. The van der Waals surface area contributed by atoms with Crippen molar-refractivity contribution in [3.05, 3.63) is 59.7 Å². The van der Waals surface area contributed by atoms with Crippen LogP contribution in [0.3, 0.4) is 0 Å². The van der Waals surface area contributed by atoms with Gasteiger partial charge in [0.25, 0.3) is 5.91 Å². The minimum Gasteiger partial charge on any atom is -0.508 e. The molecule has 10 heteroatoms. The molecule has 2 fully saturated rings. The molecule has 0 bridgehead atoms. The Bertz CT molecular complexity index is 1310. The molecule has 2 saturated heterocycles. The first-order valence-electron chi connectivity index (χ1n) is 13.3. The van der Waals surface area contributed by atoms with Gasteiger partial charge in [0, 0.05) is 44.9 Å². The number of aliphatic hydroxyl groups excluding tert-OH is 1. The van der Waals surface area contributed by atoms with Gasteiger partial charge in [0.15, 0.2) is 5.82 Å². The Morgan fingerprint density at radius 2 is 1.79 bits per heavy atom. The molecule has 38 heavy (non-hydrogen) atoms. The lowest BCUT2D eigenvalue weighted by molar-refractivity contribution is -0.141. The standard InChI is InChI=1S/C28H32N6O4/c35-18-23-22-8-2-1-5-19(22)10-11-34(23)28-30-25(20-6-3-7-21(36)17-20)29-27(31-28)33-14-12-32(13-15-33)26(37)24-9-4-16-38-24/h1-3,5-8,17,23-24,35-36H,4,9-16,18H2/t23-,24?/m0/s1. The van der Waals surface area contributed by atoms with E-state index in [-0.39, 0.29) is 30.4 Å². The number of fused-ring (bicyclic) bond motifs is 1. The maximum Gasteiger partial charge on any atom is 0.251 e. The molecule has 0 spiro atoms. The first-order valence-corrected chi connectivity index (χ1v) is 13.3. The molecule has 2 atom stereocenters. The number of phenolic OH excluding ortho intramolecular Hbond substituents is 1. The van der Waals surface area contributed by atoms with E-state index in [1.807, 2.05) is 34.1 Å². The lowest BCUT2D eigenvalue weighted by Gasteiger charge is -2.38. The van der Waals surface area contributed by atoms with Crippen LogP contribution < -0.4 is 9.80 Å².